The molecule has 27 heavy (non-hydrogen) atoms. The van der Waals surface area contributed by atoms with Gasteiger partial charge in [0.1, 0.15) is 5.75 Å². The molecule has 7 nitrogen and oxygen atoms in total. The van der Waals surface area contributed by atoms with Gasteiger partial charge < -0.3 is 24.6 Å². The molecule has 142 valence electrons. The van der Waals surface area contributed by atoms with Gasteiger partial charge in [-0.3, -0.25) is 0 Å². The molecular weight excluding hydrogens is 346 g/mol. The molecule has 2 amide bonds. The zero-order valence-electron chi connectivity index (χ0n) is 15.5. The summed E-state index contributed by atoms with van der Waals surface area (Å²) >= 11 is 0. The molecule has 1 saturated heterocycles. The molecule has 1 aliphatic heterocycles. The number of amides is 2. The van der Waals surface area contributed by atoms with Crippen LogP contribution >= 0.6 is 0 Å². The first-order valence-electron chi connectivity index (χ1n) is 8.74. The number of urea groups is 1. The number of hydrogen-bond donors (Lipinski definition) is 1. The molecule has 3 rings (SSSR count). The van der Waals surface area contributed by atoms with Crippen molar-refractivity contribution in [2.45, 2.75) is 0 Å². The van der Waals surface area contributed by atoms with Crippen LogP contribution in [0.5, 0.6) is 5.75 Å². The fourth-order valence-electron chi connectivity index (χ4n) is 3.09. The second-order valence-corrected chi connectivity index (χ2v) is 6.14. The van der Waals surface area contributed by atoms with Gasteiger partial charge in [0.2, 0.25) is 0 Å². The number of ether oxygens (including phenoxy) is 2. The van der Waals surface area contributed by atoms with Crippen molar-refractivity contribution >= 4 is 23.4 Å². The smallest absolute Gasteiger partial charge is 0.339 e. The van der Waals surface area contributed by atoms with Crippen molar-refractivity contribution in [2.24, 2.45) is 0 Å². The van der Waals surface area contributed by atoms with Gasteiger partial charge in [-0.15, -0.1) is 0 Å². The van der Waals surface area contributed by atoms with Crippen LogP contribution in [-0.2, 0) is 4.74 Å². The van der Waals surface area contributed by atoms with E-state index in [9.17, 15) is 9.59 Å². The molecule has 0 bridgehead atoms. The van der Waals surface area contributed by atoms with Crippen molar-refractivity contribution < 1.29 is 19.1 Å². The summed E-state index contributed by atoms with van der Waals surface area (Å²) in [4.78, 5) is 28.3. The zero-order valence-corrected chi connectivity index (χ0v) is 15.5. The standard InChI is InChI=1S/C20H23N3O4/c1-26-16-7-5-6-15(14-16)21-20(25)23-12-10-22(11-13-23)18-9-4-3-8-17(18)19(24)27-2/h3-9,14H,10-13H2,1-2H3,(H,21,25). The molecule has 1 aliphatic rings. The summed E-state index contributed by atoms with van der Waals surface area (Å²) in [5.41, 5.74) is 2.06. The lowest BCUT2D eigenvalue weighted by atomic mass is 10.1. The molecule has 1 N–H and O–H groups in total. The van der Waals surface area contributed by atoms with Crippen LogP contribution in [0.2, 0.25) is 0 Å². The van der Waals surface area contributed by atoms with Gasteiger partial charge in [-0.25, -0.2) is 9.59 Å². The fourth-order valence-corrected chi connectivity index (χ4v) is 3.09. The second kappa shape index (κ2) is 8.44. The van der Waals surface area contributed by atoms with Gasteiger partial charge in [0.15, 0.2) is 0 Å². The van der Waals surface area contributed by atoms with Crippen LogP contribution in [0.4, 0.5) is 16.2 Å². The molecule has 2 aromatic rings. The molecule has 0 spiro atoms. The molecule has 7 heteroatoms. The number of benzene rings is 2. The van der Waals surface area contributed by atoms with Gasteiger partial charge in [0.05, 0.1) is 25.5 Å². The Bertz CT molecular complexity index is 816. The van der Waals surface area contributed by atoms with E-state index in [1.807, 2.05) is 36.4 Å². The summed E-state index contributed by atoms with van der Waals surface area (Å²) in [6.45, 7) is 2.40. The van der Waals surface area contributed by atoms with Crippen LogP contribution in [0.1, 0.15) is 10.4 Å². The Balaban J connectivity index is 1.62. The van der Waals surface area contributed by atoms with E-state index in [4.69, 9.17) is 9.47 Å². The van der Waals surface area contributed by atoms with Gasteiger partial charge >= 0.3 is 12.0 Å². The molecule has 0 radical (unpaired) electrons. The van der Waals surface area contributed by atoms with E-state index < -0.39 is 0 Å². The minimum Gasteiger partial charge on any atom is -0.497 e. The van der Waals surface area contributed by atoms with E-state index in [1.165, 1.54) is 7.11 Å². The normalized spacial score (nSPS) is 13.9. The van der Waals surface area contributed by atoms with Crippen molar-refractivity contribution in [1.29, 1.82) is 0 Å². The minimum absolute atomic E-state index is 0.149. The molecule has 0 saturated carbocycles. The number of methoxy groups -OCH3 is 2. The highest BCUT2D eigenvalue weighted by atomic mass is 16.5. The van der Waals surface area contributed by atoms with Crippen molar-refractivity contribution in [3.63, 3.8) is 0 Å². The third kappa shape index (κ3) is 4.31. The summed E-state index contributed by atoms with van der Waals surface area (Å²) < 4.78 is 10.0. The quantitative estimate of drug-likeness (QED) is 0.839. The maximum atomic E-state index is 12.5. The van der Waals surface area contributed by atoms with E-state index >= 15 is 0 Å². The SMILES string of the molecule is COC(=O)c1ccccc1N1CCN(C(=O)Nc2cccc(OC)c2)CC1. The van der Waals surface area contributed by atoms with E-state index in [-0.39, 0.29) is 12.0 Å². The zero-order chi connectivity index (χ0) is 19.2. The highest BCUT2D eigenvalue weighted by Crippen LogP contribution is 2.23. The van der Waals surface area contributed by atoms with Gasteiger partial charge in [-0.2, -0.15) is 0 Å². The Morgan fingerprint density at radius 3 is 2.41 bits per heavy atom. The van der Waals surface area contributed by atoms with Crippen LogP contribution in [-0.4, -0.2) is 57.3 Å². The molecule has 1 fully saturated rings. The summed E-state index contributed by atoms with van der Waals surface area (Å²) in [7, 11) is 2.96. The van der Waals surface area contributed by atoms with Gasteiger partial charge in [0, 0.05) is 37.9 Å². The Morgan fingerprint density at radius 2 is 1.70 bits per heavy atom. The number of esters is 1. The monoisotopic (exact) mass is 369 g/mol. The number of carbonyl (C=O) groups excluding carboxylic acids is 2. The summed E-state index contributed by atoms with van der Waals surface area (Å²) in [5, 5.41) is 2.89. The van der Waals surface area contributed by atoms with Gasteiger partial charge in [-0.1, -0.05) is 18.2 Å². The summed E-state index contributed by atoms with van der Waals surface area (Å²) in [6.07, 6.45) is 0. The lowest BCUT2D eigenvalue weighted by Crippen LogP contribution is -2.50. The minimum atomic E-state index is -0.358. The predicted molar refractivity (Wildman–Crippen MR) is 104 cm³/mol. The summed E-state index contributed by atoms with van der Waals surface area (Å²) in [5.74, 6) is 0.334. The third-order valence-electron chi connectivity index (χ3n) is 4.54. The number of nitrogens with zero attached hydrogens (tertiary/aromatic N) is 2. The van der Waals surface area contributed by atoms with Crippen LogP contribution < -0.4 is 15.0 Å². The molecule has 0 aliphatic carbocycles. The number of hydrogen-bond acceptors (Lipinski definition) is 5. The first-order chi connectivity index (χ1) is 13.1. The number of rotatable bonds is 4. The number of anilines is 2. The Hall–Kier alpha value is -3.22. The van der Waals surface area contributed by atoms with E-state index in [1.54, 1.807) is 24.1 Å². The van der Waals surface area contributed by atoms with Crippen LogP contribution in [0.3, 0.4) is 0 Å². The Kier molecular flexibility index (Phi) is 5.80. The first-order valence-corrected chi connectivity index (χ1v) is 8.74. The third-order valence-corrected chi connectivity index (χ3v) is 4.54. The lowest BCUT2D eigenvalue weighted by molar-refractivity contribution is 0.0601. The maximum absolute atomic E-state index is 12.5. The molecule has 0 unspecified atom stereocenters. The van der Waals surface area contributed by atoms with E-state index in [2.05, 4.69) is 10.2 Å². The van der Waals surface area contributed by atoms with Gasteiger partial charge in [-0.05, 0) is 24.3 Å². The van der Waals surface area contributed by atoms with Crippen molar-refractivity contribution in [2.75, 3.05) is 50.6 Å². The highest BCUT2D eigenvalue weighted by Gasteiger charge is 2.24. The predicted octanol–water partition coefficient (Wildman–Crippen LogP) is 2.84. The van der Waals surface area contributed by atoms with E-state index in [0.29, 0.717) is 43.2 Å². The van der Waals surface area contributed by atoms with Gasteiger partial charge in [0.25, 0.3) is 0 Å². The van der Waals surface area contributed by atoms with Crippen LogP contribution in [0.15, 0.2) is 48.5 Å². The average Bonchev–Trinajstić information content (AvgIpc) is 2.73. The van der Waals surface area contributed by atoms with Crippen molar-refractivity contribution in [1.82, 2.24) is 4.90 Å². The maximum Gasteiger partial charge on any atom is 0.339 e. The number of nitrogens with one attached hydrogen (secondary N) is 1. The molecule has 0 atom stereocenters. The molecule has 1 heterocycles. The highest BCUT2D eigenvalue weighted by molar-refractivity contribution is 5.96. The number of carbonyl (C=O) groups is 2. The Labute approximate surface area is 158 Å². The van der Waals surface area contributed by atoms with Crippen LogP contribution in [0.25, 0.3) is 0 Å². The molecular formula is C20H23N3O4. The summed E-state index contributed by atoms with van der Waals surface area (Å²) in [6, 6.07) is 14.5. The second-order valence-electron chi connectivity index (χ2n) is 6.14. The lowest BCUT2D eigenvalue weighted by Gasteiger charge is -2.36. The number of para-hydroxylation sites is 1. The van der Waals surface area contributed by atoms with E-state index in [0.717, 1.165) is 5.69 Å². The largest absolute Gasteiger partial charge is 0.497 e. The first kappa shape index (κ1) is 18.6. The topological polar surface area (TPSA) is 71.1 Å². The fraction of sp³-hybridized carbons (Fsp3) is 0.300. The Morgan fingerprint density at radius 1 is 0.963 bits per heavy atom. The van der Waals surface area contributed by atoms with Crippen molar-refractivity contribution in [3.8, 4) is 5.75 Å². The van der Waals surface area contributed by atoms with Crippen molar-refractivity contribution in [3.05, 3.63) is 54.1 Å². The number of piperazine rings is 1. The molecule has 2 aromatic carbocycles. The molecule has 0 aromatic heterocycles. The van der Waals surface area contributed by atoms with Crippen LogP contribution in [0, 0.1) is 0 Å². The average molecular weight is 369 g/mol.